The van der Waals surface area contributed by atoms with Gasteiger partial charge in [0.1, 0.15) is 24.7 Å². The molecule has 2 N–H and O–H groups in total. The van der Waals surface area contributed by atoms with Gasteiger partial charge in [0, 0.05) is 5.69 Å². The second-order valence-electron chi connectivity index (χ2n) is 4.15. The largest absolute Gasteiger partial charge is 0.490 e. The first-order chi connectivity index (χ1) is 9.16. The van der Waals surface area contributed by atoms with Gasteiger partial charge in [0.15, 0.2) is 0 Å². The third kappa shape index (κ3) is 3.80. The number of rotatable bonds is 5. The Kier molecular flexibility index (Phi) is 4.53. The van der Waals surface area contributed by atoms with E-state index in [1.54, 1.807) is 6.07 Å². The summed E-state index contributed by atoms with van der Waals surface area (Å²) in [6, 6.07) is 12.9. The summed E-state index contributed by atoms with van der Waals surface area (Å²) in [5.74, 6) is 1.48. The van der Waals surface area contributed by atoms with Crippen molar-refractivity contribution >= 4 is 17.3 Å². The summed E-state index contributed by atoms with van der Waals surface area (Å²) in [4.78, 5) is 0. The smallest absolute Gasteiger partial charge is 0.138 e. The lowest BCUT2D eigenvalue weighted by molar-refractivity contribution is 0.216. The van der Waals surface area contributed by atoms with Gasteiger partial charge in [-0.1, -0.05) is 23.7 Å². The Labute approximate surface area is 117 Å². The zero-order valence-corrected chi connectivity index (χ0v) is 11.5. The Morgan fingerprint density at radius 3 is 2.37 bits per heavy atom. The number of ether oxygens (including phenoxy) is 2. The van der Waals surface area contributed by atoms with Gasteiger partial charge in [0.05, 0.1) is 5.02 Å². The minimum atomic E-state index is 0.438. The maximum absolute atomic E-state index is 5.98. The molecule has 0 radical (unpaired) electrons. The molecular formula is C15H16ClNO2. The van der Waals surface area contributed by atoms with Gasteiger partial charge in [-0.3, -0.25) is 0 Å². The zero-order chi connectivity index (χ0) is 13.7. The molecule has 0 aromatic heterocycles. The molecule has 0 aliphatic heterocycles. The van der Waals surface area contributed by atoms with E-state index in [0.717, 1.165) is 17.0 Å². The van der Waals surface area contributed by atoms with Crippen LogP contribution in [0.3, 0.4) is 0 Å². The van der Waals surface area contributed by atoms with E-state index in [1.807, 2.05) is 43.3 Å². The second-order valence-corrected chi connectivity index (χ2v) is 4.56. The topological polar surface area (TPSA) is 44.5 Å². The molecule has 2 rings (SSSR count). The summed E-state index contributed by atoms with van der Waals surface area (Å²) in [6.45, 7) is 2.85. The summed E-state index contributed by atoms with van der Waals surface area (Å²) in [5, 5.41) is 0.603. The van der Waals surface area contributed by atoms with Crippen LogP contribution >= 0.6 is 11.6 Å². The molecule has 0 unspecified atom stereocenters. The molecule has 100 valence electrons. The monoisotopic (exact) mass is 277 g/mol. The van der Waals surface area contributed by atoms with Crippen molar-refractivity contribution in [2.45, 2.75) is 6.92 Å². The van der Waals surface area contributed by atoms with Crippen molar-refractivity contribution in [2.24, 2.45) is 0 Å². The van der Waals surface area contributed by atoms with Gasteiger partial charge >= 0.3 is 0 Å². The summed E-state index contributed by atoms with van der Waals surface area (Å²) < 4.78 is 11.2. The molecular weight excluding hydrogens is 262 g/mol. The Bertz CT molecular complexity index is 558. The fraction of sp³-hybridized carbons (Fsp3) is 0.200. The first kappa shape index (κ1) is 13.6. The molecule has 0 fully saturated rings. The number of benzene rings is 2. The molecule has 2 aromatic rings. The number of halogens is 1. The molecule has 0 saturated carbocycles. The van der Waals surface area contributed by atoms with Crippen LogP contribution in [0.1, 0.15) is 5.56 Å². The van der Waals surface area contributed by atoms with Gasteiger partial charge in [-0.15, -0.1) is 0 Å². The van der Waals surface area contributed by atoms with Gasteiger partial charge in [-0.25, -0.2) is 0 Å². The molecule has 0 amide bonds. The molecule has 0 spiro atoms. The Morgan fingerprint density at radius 1 is 1.00 bits per heavy atom. The van der Waals surface area contributed by atoms with Crippen LogP contribution in [-0.4, -0.2) is 13.2 Å². The van der Waals surface area contributed by atoms with E-state index in [-0.39, 0.29) is 0 Å². The highest BCUT2D eigenvalue weighted by atomic mass is 35.5. The Hall–Kier alpha value is -1.87. The predicted octanol–water partition coefficient (Wildman–Crippen LogP) is 3.69. The van der Waals surface area contributed by atoms with Crippen LogP contribution in [0.2, 0.25) is 5.02 Å². The van der Waals surface area contributed by atoms with Gasteiger partial charge in [0.25, 0.3) is 0 Å². The number of aryl methyl sites for hydroxylation is 1. The van der Waals surface area contributed by atoms with Gasteiger partial charge < -0.3 is 15.2 Å². The first-order valence-corrected chi connectivity index (χ1v) is 6.41. The van der Waals surface area contributed by atoms with E-state index in [9.17, 15) is 0 Å². The highest BCUT2D eigenvalue weighted by Crippen LogP contribution is 2.23. The highest BCUT2D eigenvalue weighted by molar-refractivity contribution is 6.32. The van der Waals surface area contributed by atoms with Crippen molar-refractivity contribution in [3.63, 3.8) is 0 Å². The summed E-state index contributed by atoms with van der Waals surface area (Å²) in [7, 11) is 0. The van der Waals surface area contributed by atoms with Crippen molar-refractivity contribution in [2.75, 3.05) is 18.9 Å². The lowest BCUT2D eigenvalue weighted by Gasteiger charge is -2.11. The number of nitrogens with two attached hydrogens (primary N) is 1. The third-order valence-electron chi connectivity index (χ3n) is 2.63. The molecule has 0 heterocycles. The minimum absolute atomic E-state index is 0.438. The molecule has 0 atom stereocenters. The van der Waals surface area contributed by atoms with Gasteiger partial charge in [0.2, 0.25) is 0 Å². The maximum Gasteiger partial charge on any atom is 0.138 e. The van der Waals surface area contributed by atoms with E-state index in [0.29, 0.717) is 24.0 Å². The number of nitrogen functional groups attached to an aromatic ring is 1. The quantitative estimate of drug-likeness (QED) is 0.670. The molecule has 3 nitrogen and oxygen atoms in total. The number of hydrogen-bond donors (Lipinski definition) is 1. The lowest BCUT2D eigenvalue weighted by Crippen LogP contribution is -2.09. The van der Waals surface area contributed by atoms with Gasteiger partial charge in [-0.2, -0.15) is 0 Å². The van der Waals surface area contributed by atoms with Crippen molar-refractivity contribution in [3.05, 3.63) is 53.1 Å². The van der Waals surface area contributed by atoms with Crippen LogP contribution in [0, 0.1) is 6.92 Å². The summed E-state index contributed by atoms with van der Waals surface area (Å²) in [5.41, 5.74) is 7.43. The number of para-hydroxylation sites is 1. The van der Waals surface area contributed by atoms with Crippen LogP contribution in [0.25, 0.3) is 0 Å². The first-order valence-electron chi connectivity index (χ1n) is 6.03. The molecule has 0 saturated heterocycles. The van der Waals surface area contributed by atoms with E-state index in [4.69, 9.17) is 26.8 Å². The second kappa shape index (κ2) is 6.34. The Morgan fingerprint density at radius 2 is 1.68 bits per heavy atom. The Balaban J connectivity index is 1.83. The minimum Gasteiger partial charge on any atom is -0.490 e. The number of anilines is 1. The average molecular weight is 278 g/mol. The van der Waals surface area contributed by atoms with Crippen LogP contribution in [0.4, 0.5) is 5.69 Å². The highest BCUT2D eigenvalue weighted by Gasteiger charge is 2.02. The van der Waals surface area contributed by atoms with Crippen LogP contribution in [-0.2, 0) is 0 Å². The van der Waals surface area contributed by atoms with E-state index >= 15 is 0 Å². The fourth-order valence-electron chi connectivity index (χ4n) is 1.70. The zero-order valence-electron chi connectivity index (χ0n) is 10.7. The fourth-order valence-corrected chi connectivity index (χ4v) is 1.89. The molecule has 4 heteroatoms. The van der Waals surface area contributed by atoms with E-state index in [2.05, 4.69) is 0 Å². The lowest BCUT2D eigenvalue weighted by atomic mass is 10.2. The average Bonchev–Trinajstić information content (AvgIpc) is 2.38. The summed E-state index contributed by atoms with van der Waals surface area (Å²) >= 11 is 5.98. The molecule has 2 aromatic carbocycles. The van der Waals surface area contributed by atoms with Crippen LogP contribution in [0.15, 0.2) is 42.5 Å². The van der Waals surface area contributed by atoms with Crippen molar-refractivity contribution in [1.29, 1.82) is 0 Å². The van der Waals surface area contributed by atoms with Crippen molar-refractivity contribution in [1.82, 2.24) is 0 Å². The summed E-state index contributed by atoms with van der Waals surface area (Å²) in [6.07, 6.45) is 0. The van der Waals surface area contributed by atoms with E-state index in [1.165, 1.54) is 0 Å². The maximum atomic E-state index is 5.98. The normalized spacial score (nSPS) is 10.2. The standard InChI is InChI=1S/C15H16ClNO2/c1-11-10-12(17)6-7-14(11)18-8-9-19-15-5-3-2-4-13(15)16/h2-7,10H,8-9,17H2,1H3. The predicted molar refractivity (Wildman–Crippen MR) is 78.0 cm³/mol. The SMILES string of the molecule is Cc1cc(N)ccc1OCCOc1ccccc1Cl. The molecule has 0 aliphatic carbocycles. The van der Waals surface area contributed by atoms with Crippen molar-refractivity contribution < 1.29 is 9.47 Å². The van der Waals surface area contributed by atoms with Gasteiger partial charge in [-0.05, 0) is 42.8 Å². The molecule has 0 bridgehead atoms. The van der Waals surface area contributed by atoms with E-state index < -0.39 is 0 Å². The molecule has 0 aliphatic rings. The van der Waals surface area contributed by atoms with Crippen molar-refractivity contribution in [3.8, 4) is 11.5 Å². The molecule has 19 heavy (non-hydrogen) atoms. The third-order valence-corrected chi connectivity index (χ3v) is 2.95. The van der Waals surface area contributed by atoms with Crippen LogP contribution < -0.4 is 15.2 Å². The van der Waals surface area contributed by atoms with Crippen LogP contribution in [0.5, 0.6) is 11.5 Å². The number of hydrogen-bond acceptors (Lipinski definition) is 3.